The summed E-state index contributed by atoms with van der Waals surface area (Å²) in [5.41, 5.74) is 1.66. The maximum Gasteiger partial charge on any atom is -0.0175 e. The van der Waals surface area contributed by atoms with Gasteiger partial charge in [0.1, 0.15) is 0 Å². The Kier molecular flexibility index (Phi) is 4.96. The molecule has 0 atom stereocenters. The van der Waals surface area contributed by atoms with Crippen LogP contribution in [0, 0.1) is 5.41 Å². The van der Waals surface area contributed by atoms with E-state index < -0.39 is 0 Å². The summed E-state index contributed by atoms with van der Waals surface area (Å²) in [6, 6.07) is 0. The van der Waals surface area contributed by atoms with Gasteiger partial charge in [0.2, 0.25) is 0 Å². The van der Waals surface area contributed by atoms with Crippen molar-refractivity contribution in [3.63, 3.8) is 0 Å². The fourth-order valence-corrected chi connectivity index (χ4v) is 1.38. The lowest BCUT2D eigenvalue weighted by atomic mass is 9.86. The summed E-state index contributed by atoms with van der Waals surface area (Å²) in [5.74, 6) is 0. The van der Waals surface area contributed by atoms with Crippen LogP contribution in [0.25, 0.3) is 0 Å². The van der Waals surface area contributed by atoms with Crippen LogP contribution in [-0.4, -0.2) is 0 Å². The Morgan fingerprint density at radius 2 is 2.00 bits per heavy atom. The Hall–Kier alpha value is -0.520. The third-order valence-electron chi connectivity index (χ3n) is 2.04. The minimum Gasteiger partial charge on any atom is -0.100 e. The maximum atomic E-state index is 3.90. The van der Waals surface area contributed by atoms with Gasteiger partial charge >= 0.3 is 0 Å². The van der Waals surface area contributed by atoms with Crippen molar-refractivity contribution in [2.24, 2.45) is 5.41 Å². The minimum absolute atomic E-state index is 0.365. The quantitative estimate of drug-likeness (QED) is 0.533. The first-order chi connectivity index (χ1) is 5.48. The van der Waals surface area contributed by atoms with E-state index in [1.54, 1.807) is 0 Å². The summed E-state index contributed by atoms with van der Waals surface area (Å²) >= 11 is 0. The molecule has 0 heterocycles. The second kappa shape index (κ2) is 5.18. The van der Waals surface area contributed by atoms with Crippen LogP contribution in [0.15, 0.2) is 24.3 Å². The van der Waals surface area contributed by atoms with E-state index >= 15 is 0 Å². The molecule has 0 amide bonds. The highest BCUT2D eigenvalue weighted by Crippen LogP contribution is 2.25. The van der Waals surface area contributed by atoms with E-state index in [0.29, 0.717) is 5.41 Å². The van der Waals surface area contributed by atoms with Crippen LogP contribution in [0.4, 0.5) is 0 Å². The van der Waals surface area contributed by atoms with E-state index in [4.69, 9.17) is 0 Å². The van der Waals surface area contributed by atoms with Gasteiger partial charge in [-0.2, -0.15) is 0 Å². The molecule has 0 saturated heterocycles. The molecule has 0 aliphatic carbocycles. The highest BCUT2D eigenvalue weighted by Gasteiger charge is 2.11. The van der Waals surface area contributed by atoms with Crippen LogP contribution in [0.3, 0.4) is 0 Å². The molecule has 0 heteroatoms. The smallest absolute Gasteiger partial charge is 0.0175 e. The van der Waals surface area contributed by atoms with Gasteiger partial charge in [-0.05, 0) is 38.5 Å². The van der Waals surface area contributed by atoms with Gasteiger partial charge in [0.25, 0.3) is 0 Å². The largest absolute Gasteiger partial charge is 0.100 e. The van der Waals surface area contributed by atoms with E-state index in [9.17, 15) is 0 Å². The van der Waals surface area contributed by atoms with Crippen LogP contribution in [0.2, 0.25) is 0 Å². The molecule has 0 aromatic heterocycles. The number of hydrogen-bond acceptors (Lipinski definition) is 0. The molecule has 0 rings (SSSR count). The number of hydrogen-bond donors (Lipinski definition) is 0. The molecule has 0 bridgehead atoms. The molecule has 0 unspecified atom stereocenters. The van der Waals surface area contributed by atoms with E-state index in [0.717, 1.165) is 0 Å². The molecule has 0 aliphatic rings. The predicted molar refractivity (Wildman–Crippen MR) is 57.3 cm³/mol. The van der Waals surface area contributed by atoms with Crippen molar-refractivity contribution < 1.29 is 0 Å². The zero-order valence-corrected chi connectivity index (χ0v) is 8.98. The van der Waals surface area contributed by atoms with Crippen molar-refractivity contribution in [2.45, 2.75) is 47.0 Å². The monoisotopic (exact) mass is 166 g/mol. The Bertz CT molecular complexity index is 161. The zero-order valence-electron chi connectivity index (χ0n) is 8.98. The van der Waals surface area contributed by atoms with E-state index in [-0.39, 0.29) is 0 Å². The average Bonchev–Trinajstić information content (AvgIpc) is 1.85. The molecule has 70 valence electrons. The van der Waals surface area contributed by atoms with Gasteiger partial charge < -0.3 is 0 Å². The second-order valence-corrected chi connectivity index (χ2v) is 4.30. The number of rotatable bonds is 5. The molecular weight excluding hydrogens is 144 g/mol. The third-order valence-corrected chi connectivity index (χ3v) is 2.04. The summed E-state index contributed by atoms with van der Waals surface area (Å²) in [5, 5.41) is 0. The molecule has 0 radical (unpaired) electrons. The van der Waals surface area contributed by atoms with Crippen molar-refractivity contribution in [1.82, 2.24) is 0 Å². The lowest BCUT2D eigenvalue weighted by Crippen LogP contribution is -2.06. The maximum absolute atomic E-state index is 3.90. The molecule has 0 fully saturated rings. The fourth-order valence-electron chi connectivity index (χ4n) is 1.38. The van der Waals surface area contributed by atoms with Gasteiger partial charge in [0.05, 0.1) is 0 Å². The summed E-state index contributed by atoms with van der Waals surface area (Å²) in [4.78, 5) is 0. The van der Waals surface area contributed by atoms with Gasteiger partial charge in [-0.25, -0.2) is 0 Å². The zero-order chi connectivity index (χ0) is 9.61. The SMILES string of the molecule is C=C(C)CCCC(C)(C)/C=C/C. The first-order valence-electron chi connectivity index (χ1n) is 4.76. The lowest BCUT2D eigenvalue weighted by Gasteiger charge is -2.19. The van der Waals surface area contributed by atoms with Gasteiger partial charge in [-0.3, -0.25) is 0 Å². The van der Waals surface area contributed by atoms with Gasteiger partial charge in [-0.1, -0.05) is 31.6 Å². The topological polar surface area (TPSA) is 0 Å². The summed E-state index contributed by atoms with van der Waals surface area (Å²) in [7, 11) is 0. The van der Waals surface area contributed by atoms with E-state index in [1.165, 1.54) is 24.8 Å². The van der Waals surface area contributed by atoms with Crippen molar-refractivity contribution in [2.75, 3.05) is 0 Å². The first kappa shape index (κ1) is 11.5. The fraction of sp³-hybridized carbons (Fsp3) is 0.667. The van der Waals surface area contributed by atoms with Crippen LogP contribution in [0.1, 0.15) is 47.0 Å². The van der Waals surface area contributed by atoms with E-state index in [1.807, 2.05) is 0 Å². The Morgan fingerprint density at radius 1 is 1.42 bits per heavy atom. The standard InChI is InChI=1S/C12H22/c1-6-9-12(4,5)10-7-8-11(2)3/h6,9H,2,7-8,10H2,1,3-5H3/b9-6+. The normalized spacial score (nSPS) is 12.3. The van der Waals surface area contributed by atoms with Crippen molar-refractivity contribution in [1.29, 1.82) is 0 Å². The highest BCUT2D eigenvalue weighted by atomic mass is 14.2. The van der Waals surface area contributed by atoms with Crippen LogP contribution in [-0.2, 0) is 0 Å². The summed E-state index contributed by atoms with van der Waals surface area (Å²) < 4.78 is 0. The highest BCUT2D eigenvalue weighted by molar-refractivity contribution is 4.94. The molecule has 12 heavy (non-hydrogen) atoms. The molecule has 0 aromatic carbocycles. The molecule has 0 N–H and O–H groups in total. The molecule has 0 aromatic rings. The van der Waals surface area contributed by atoms with Gasteiger partial charge in [-0.15, -0.1) is 6.58 Å². The molecule has 0 spiro atoms. The van der Waals surface area contributed by atoms with Crippen molar-refractivity contribution >= 4 is 0 Å². The minimum atomic E-state index is 0.365. The number of allylic oxidation sites excluding steroid dienone is 3. The van der Waals surface area contributed by atoms with Crippen LogP contribution >= 0.6 is 0 Å². The van der Waals surface area contributed by atoms with E-state index in [2.05, 4.69) is 46.4 Å². The lowest BCUT2D eigenvalue weighted by molar-refractivity contribution is 0.421. The molecule has 0 saturated carbocycles. The predicted octanol–water partition coefficient (Wildman–Crippen LogP) is 4.34. The summed E-state index contributed by atoms with van der Waals surface area (Å²) in [6.45, 7) is 12.7. The van der Waals surface area contributed by atoms with Gasteiger partial charge in [0.15, 0.2) is 0 Å². The molecule has 0 nitrogen and oxygen atoms in total. The van der Waals surface area contributed by atoms with Crippen LogP contribution in [0.5, 0.6) is 0 Å². The van der Waals surface area contributed by atoms with Gasteiger partial charge in [0, 0.05) is 0 Å². The van der Waals surface area contributed by atoms with Crippen molar-refractivity contribution in [3.05, 3.63) is 24.3 Å². The average molecular weight is 166 g/mol. The molecular formula is C12H22. The Balaban J connectivity index is 3.68. The van der Waals surface area contributed by atoms with Crippen LogP contribution < -0.4 is 0 Å². The van der Waals surface area contributed by atoms with Crippen molar-refractivity contribution in [3.8, 4) is 0 Å². The molecule has 0 aliphatic heterocycles. The Morgan fingerprint density at radius 3 is 2.42 bits per heavy atom. The first-order valence-corrected chi connectivity index (χ1v) is 4.76. The summed E-state index contributed by atoms with van der Waals surface area (Å²) in [6.07, 6.45) is 8.10. The Labute approximate surface area is 77.4 Å². The third kappa shape index (κ3) is 6.21. The second-order valence-electron chi connectivity index (χ2n) is 4.30.